The van der Waals surface area contributed by atoms with Crippen molar-refractivity contribution in [1.29, 1.82) is 0 Å². The van der Waals surface area contributed by atoms with E-state index >= 15 is 0 Å². The minimum atomic E-state index is -0.429. The van der Waals surface area contributed by atoms with Crippen LogP contribution >= 0.6 is 11.6 Å². The van der Waals surface area contributed by atoms with Crippen LogP contribution in [0.2, 0.25) is 5.02 Å². The number of esters is 1. The Morgan fingerprint density at radius 3 is 2.12 bits per heavy atom. The predicted octanol–water partition coefficient (Wildman–Crippen LogP) is 5.32. The second-order valence-corrected chi connectivity index (χ2v) is 5.86. The molecule has 26 heavy (non-hydrogen) atoms. The van der Waals surface area contributed by atoms with Crippen LogP contribution in [0.25, 0.3) is 0 Å². The molecule has 0 saturated heterocycles. The quantitative estimate of drug-likeness (QED) is 0.349. The zero-order valence-corrected chi connectivity index (χ0v) is 14.8. The Labute approximate surface area is 156 Å². The van der Waals surface area contributed by atoms with Crippen molar-refractivity contribution in [2.45, 2.75) is 0 Å². The van der Waals surface area contributed by atoms with Crippen molar-refractivity contribution in [2.24, 2.45) is 4.99 Å². The van der Waals surface area contributed by atoms with Crippen LogP contribution in [0.5, 0.6) is 11.5 Å². The number of aliphatic imine (C=N–C) groups is 1. The van der Waals surface area contributed by atoms with Gasteiger partial charge in [0.2, 0.25) is 0 Å². The Hall–Kier alpha value is -3.11. The lowest BCUT2D eigenvalue weighted by atomic mass is 10.2. The van der Waals surface area contributed by atoms with Crippen molar-refractivity contribution in [3.63, 3.8) is 0 Å². The highest BCUT2D eigenvalue weighted by atomic mass is 35.5. The maximum absolute atomic E-state index is 12.1. The summed E-state index contributed by atoms with van der Waals surface area (Å²) in [6, 6.07) is 21.1. The van der Waals surface area contributed by atoms with Crippen LogP contribution in [0.4, 0.5) is 5.69 Å². The Morgan fingerprint density at radius 1 is 0.885 bits per heavy atom. The Morgan fingerprint density at radius 2 is 1.50 bits per heavy atom. The van der Waals surface area contributed by atoms with Crippen molar-refractivity contribution in [3.8, 4) is 11.5 Å². The standard InChI is InChI=1S/C21H16ClNO3/c1-25-19-12-8-18(9-13-19)23-14-15-2-10-20(11-3-15)26-21(24)16-4-6-17(22)7-5-16/h2-14H,1H3. The van der Waals surface area contributed by atoms with Crippen LogP contribution in [-0.2, 0) is 0 Å². The number of hydrogen-bond donors (Lipinski definition) is 0. The molecule has 0 atom stereocenters. The normalized spacial score (nSPS) is 10.7. The smallest absolute Gasteiger partial charge is 0.343 e. The van der Waals surface area contributed by atoms with E-state index in [2.05, 4.69) is 4.99 Å². The van der Waals surface area contributed by atoms with Gasteiger partial charge in [-0.3, -0.25) is 4.99 Å². The monoisotopic (exact) mass is 365 g/mol. The summed E-state index contributed by atoms with van der Waals surface area (Å²) in [6.07, 6.45) is 1.74. The largest absolute Gasteiger partial charge is 0.497 e. The molecule has 3 rings (SSSR count). The van der Waals surface area contributed by atoms with Crippen LogP contribution in [0.1, 0.15) is 15.9 Å². The average molecular weight is 366 g/mol. The molecule has 0 aliphatic heterocycles. The zero-order chi connectivity index (χ0) is 18.4. The maximum Gasteiger partial charge on any atom is 0.343 e. The molecule has 3 aromatic rings. The van der Waals surface area contributed by atoms with E-state index in [9.17, 15) is 4.79 Å². The number of ether oxygens (including phenoxy) is 2. The second kappa shape index (κ2) is 8.32. The third-order valence-electron chi connectivity index (χ3n) is 3.61. The molecule has 0 bridgehead atoms. The van der Waals surface area contributed by atoms with Crippen molar-refractivity contribution < 1.29 is 14.3 Å². The van der Waals surface area contributed by atoms with Crippen LogP contribution in [-0.4, -0.2) is 19.3 Å². The lowest BCUT2D eigenvalue weighted by molar-refractivity contribution is 0.0735. The second-order valence-electron chi connectivity index (χ2n) is 5.42. The third-order valence-corrected chi connectivity index (χ3v) is 3.86. The highest BCUT2D eigenvalue weighted by Crippen LogP contribution is 2.19. The summed E-state index contributed by atoms with van der Waals surface area (Å²) < 4.78 is 10.5. The zero-order valence-electron chi connectivity index (χ0n) is 14.1. The van der Waals surface area contributed by atoms with Crippen LogP contribution < -0.4 is 9.47 Å². The molecule has 0 aliphatic rings. The minimum absolute atomic E-state index is 0.429. The van der Waals surface area contributed by atoms with Crippen molar-refractivity contribution in [2.75, 3.05) is 7.11 Å². The summed E-state index contributed by atoms with van der Waals surface area (Å²) in [4.78, 5) is 16.5. The van der Waals surface area contributed by atoms with E-state index in [4.69, 9.17) is 21.1 Å². The van der Waals surface area contributed by atoms with Gasteiger partial charge in [-0.2, -0.15) is 0 Å². The Bertz CT molecular complexity index is 901. The topological polar surface area (TPSA) is 47.9 Å². The van der Waals surface area contributed by atoms with E-state index in [0.29, 0.717) is 16.3 Å². The highest BCUT2D eigenvalue weighted by molar-refractivity contribution is 6.30. The SMILES string of the molecule is COc1ccc(N=Cc2ccc(OC(=O)c3ccc(Cl)cc3)cc2)cc1. The van der Waals surface area contributed by atoms with Crippen molar-refractivity contribution >= 4 is 29.5 Å². The summed E-state index contributed by atoms with van der Waals surface area (Å²) >= 11 is 5.81. The molecule has 4 nitrogen and oxygen atoms in total. The Kier molecular flexibility index (Phi) is 5.66. The fraction of sp³-hybridized carbons (Fsp3) is 0.0476. The van der Waals surface area contributed by atoms with Crippen LogP contribution in [0.15, 0.2) is 77.8 Å². The third kappa shape index (κ3) is 4.71. The molecule has 5 heteroatoms. The molecular formula is C21H16ClNO3. The van der Waals surface area contributed by atoms with Gasteiger partial charge in [-0.25, -0.2) is 4.79 Å². The molecule has 0 aliphatic carbocycles. The summed E-state index contributed by atoms with van der Waals surface area (Å²) in [5.74, 6) is 0.823. The van der Waals surface area contributed by atoms with Gasteiger partial charge < -0.3 is 9.47 Å². The van der Waals surface area contributed by atoms with Crippen LogP contribution in [0.3, 0.4) is 0 Å². The molecular weight excluding hydrogens is 350 g/mol. The first-order valence-electron chi connectivity index (χ1n) is 7.90. The van der Waals surface area contributed by atoms with E-state index in [1.165, 1.54) is 0 Å². The molecule has 0 amide bonds. The predicted molar refractivity (Wildman–Crippen MR) is 103 cm³/mol. The summed E-state index contributed by atoms with van der Waals surface area (Å²) in [6.45, 7) is 0. The molecule has 0 heterocycles. The van der Waals surface area contributed by atoms with E-state index < -0.39 is 5.97 Å². The van der Waals surface area contributed by atoms with Gasteiger partial charge in [0.05, 0.1) is 18.4 Å². The first kappa shape index (κ1) is 17.7. The van der Waals surface area contributed by atoms with Gasteiger partial charge in [-0.05, 0) is 78.4 Å². The first-order valence-corrected chi connectivity index (χ1v) is 8.28. The molecule has 0 radical (unpaired) electrons. The lowest BCUT2D eigenvalue weighted by Gasteiger charge is -2.04. The number of halogens is 1. The molecule has 0 aromatic heterocycles. The average Bonchev–Trinajstić information content (AvgIpc) is 2.68. The highest BCUT2D eigenvalue weighted by Gasteiger charge is 2.08. The number of carbonyl (C=O) groups is 1. The van der Waals surface area contributed by atoms with Gasteiger partial charge in [0.1, 0.15) is 11.5 Å². The van der Waals surface area contributed by atoms with Crippen LogP contribution in [0, 0.1) is 0 Å². The molecule has 0 saturated carbocycles. The molecule has 0 fully saturated rings. The van der Waals surface area contributed by atoms with Gasteiger partial charge >= 0.3 is 5.97 Å². The molecule has 0 unspecified atom stereocenters. The van der Waals surface area contributed by atoms with E-state index in [0.717, 1.165) is 17.0 Å². The number of carbonyl (C=O) groups excluding carboxylic acids is 1. The van der Waals surface area contributed by atoms with Gasteiger partial charge in [0.15, 0.2) is 0 Å². The number of rotatable bonds is 5. The summed E-state index contributed by atoms with van der Waals surface area (Å²) in [7, 11) is 1.62. The van der Waals surface area contributed by atoms with Crippen molar-refractivity contribution in [1.82, 2.24) is 0 Å². The summed E-state index contributed by atoms with van der Waals surface area (Å²) in [5, 5.41) is 0.571. The number of hydrogen-bond acceptors (Lipinski definition) is 4. The molecule has 0 N–H and O–H groups in total. The van der Waals surface area contributed by atoms with E-state index in [1.54, 1.807) is 49.7 Å². The van der Waals surface area contributed by atoms with Gasteiger partial charge in [0, 0.05) is 11.2 Å². The number of methoxy groups -OCH3 is 1. The minimum Gasteiger partial charge on any atom is -0.497 e. The van der Waals surface area contributed by atoms with Gasteiger partial charge in [0.25, 0.3) is 0 Å². The van der Waals surface area contributed by atoms with Gasteiger partial charge in [-0.15, -0.1) is 0 Å². The maximum atomic E-state index is 12.1. The summed E-state index contributed by atoms with van der Waals surface area (Å²) in [5.41, 5.74) is 2.16. The Balaban J connectivity index is 1.63. The molecule has 3 aromatic carbocycles. The van der Waals surface area contributed by atoms with E-state index in [-0.39, 0.29) is 0 Å². The fourth-order valence-electron chi connectivity index (χ4n) is 2.19. The van der Waals surface area contributed by atoms with Crippen molar-refractivity contribution in [3.05, 3.63) is 88.9 Å². The lowest BCUT2D eigenvalue weighted by Crippen LogP contribution is -2.08. The molecule has 0 spiro atoms. The number of nitrogens with zero attached hydrogens (tertiary/aromatic N) is 1. The molecule has 130 valence electrons. The first-order chi connectivity index (χ1) is 12.6. The van der Waals surface area contributed by atoms with E-state index in [1.807, 2.05) is 36.4 Å². The van der Waals surface area contributed by atoms with Gasteiger partial charge in [-0.1, -0.05) is 11.6 Å². The fourth-order valence-corrected chi connectivity index (χ4v) is 2.32. The number of benzene rings is 3.